The summed E-state index contributed by atoms with van der Waals surface area (Å²) in [5.41, 5.74) is 0.622. The fourth-order valence-corrected chi connectivity index (χ4v) is 1.68. The van der Waals surface area contributed by atoms with Gasteiger partial charge in [0, 0.05) is 23.7 Å². The van der Waals surface area contributed by atoms with E-state index in [9.17, 15) is 4.39 Å². The maximum Gasteiger partial charge on any atom is 0.132 e. The van der Waals surface area contributed by atoms with Gasteiger partial charge >= 0.3 is 0 Å². The quantitative estimate of drug-likeness (QED) is 0.559. The van der Waals surface area contributed by atoms with E-state index in [1.54, 1.807) is 12.1 Å². The summed E-state index contributed by atoms with van der Waals surface area (Å²) in [6.45, 7) is 4.68. The molecule has 0 radical (unpaired) electrons. The Bertz CT molecular complexity index is 421. The molecule has 0 aliphatic heterocycles. The molecule has 2 N–H and O–H groups in total. The molecule has 3 nitrogen and oxygen atoms in total. The van der Waals surface area contributed by atoms with Crippen LogP contribution < -0.4 is 10.1 Å². The van der Waals surface area contributed by atoms with E-state index in [0.29, 0.717) is 30.1 Å². The Morgan fingerprint density at radius 2 is 2.21 bits per heavy atom. The molecule has 106 valence electrons. The fraction of sp³-hybridized carbons (Fsp3) is 0.533. The van der Waals surface area contributed by atoms with Crippen molar-refractivity contribution in [3.05, 3.63) is 29.6 Å². The average molecular weight is 266 g/mol. The van der Waals surface area contributed by atoms with Gasteiger partial charge in [-0.05, 0) is 38.6 Å². The molecule has 1 rings (SSSR count). The summed E-state index contributed by atoms with van der Waals surface area (Å²) >= 11 is 0. The number of benzene rings is 1. The molecule has 0 unspecified atom stereocenters. The minimum Gasteiger partial charge on any atom is -0.494 e. The van der Waals surface area contributed by atoms with Crippen LogP contribution in [0.15, 0.2) is 18.2 Å². The van der Waals surface area contributed by atoms with E-state index in [0.717, 1.165) is 12.8 Å². The Hall–Kier alpha value is -1.42. The molecule has 0 heterocycles. The predicted molar refractivity (Wildman–Crippen MR) is 76.8 cm³/mol. The molecular weight excluding hydrogens is 243 g/mol. The molecule has 0 fully saturated rings. The number of nitrogens with one attached hydrogen (secondary N) is 2. The minimum atomic E-state index is -0.365. The molecule has 0 bridgehead atoms. The number of hydrogen-bond donors (Lipinski definition) is 2. The van der Waals surface area contributed by atoms with Crippen molar-refractivity contribution in [2.75, 3.05) is 13.7 Å². The van der Waals surface area contributed by atoms with E-state index in [-0.39, 0.29) is 11.9 Å². The van der Waals surface area contributed by atoms with E-state index in [4.69, 9.17) is 10.1 Å². The maximum absolute atomic E-state index is 13.7. The summed E-state index contributed by atoms with van der Waals surface area (Å²) in [4.78, 5) is 0. The third-order valence-corrected chi connectivity index (χ3v) is 3.03. The first-order valence-corrected chi connectivity index (χ1v) is 6.75. The van der Waals surface area contributed by atoms with Gasteiger partial charge in [-0.3, -0.25) is 0 Å². The summed E-state index contributed by atoms with van der Waals surface area (Å²) in [6, 6.07) is 4.75. The van der Waals surface area contributed by atoms with Crippen molar-refractivity contribution in [3.8, 4) is 5.75 Å². The lowest BCUT2D eigenvalue weighted by atomic mass is 10.0. The van der Waals surface area contributed by atoms with Crippen LogP contribution in [0.25, 0.3) is 0 Å². The van der Waals surface area contributed by atoms with Gasteiger partial charge in [-0.15, -0.1) is 0 Å². The van der Waals surface area contributed by atoms with Gasteiger partial charge in [0.25, 0.3) is 0 Å². The van der Waals surface area contributed by atoms with E-state index in [1.165, 1.54) is 6.07 Å². The lowest BCUT2D eigenvalue weighted by Crippen LogP contribution is -2.24. The second-order valence-electron chi connectivity index (χ2n) is 4.72. The Kier molecular flexibility index (Phi) is 6.50. The van der Waals surface area contributed by atoms with Gasteiger partial charge < -0.3 is 15.5 Å². The maximum atomic E-state index is 13.7. The van der Waals surface area contributed by atoms with E-state index < -0.39 is 0 Å². The number of unbranched alkanes of at least 4 members (excludes halogenated alkanes) is 1. The van der Waals surface area contributed by atoms with Crippen LogP contribution in [-0.4, -0.2) is 25.4 Å². The van der Waals surface area contributed by atoms with Gasteiger partial charge in [0.1, 0.15) is 11.6 Å². The molecule has 0 spiro atoms. The Labute approximate surface area is 114 Å². The smallest absolute Gasteiger partial charge is 0.132 e. The molecule has 1 aromatic carbocycles. The van der Waals surface area contributed by atoms with Crippen LogP contribution in [0.1, 0.15) is 38.7 Å². The van der Waals surface area contributed by atoms with Crippen molar-refractivity contribution < 1.29 is 9.13 Å². The first-order valence-electron chi connectivity index (χ1n) is 6.75. The highest BCUT2D eigenvalue weighted by Crippen LogP contribution is 2.19. The number of ether oxygens (including phenoxy) is 1. The SMILES string of the molecule is CCCCOc1ccc(F)c(C(=N)C[C@@H](C)NC)c1. The van der Waals surface area contributed by atoms with E-state index in [2.05, 4.69) is 12.2 Å². The van der Waals surface area contributed by atoms with Crippen LogP contribution in [0.3, 0.4) is 0 Å². The van der Waals surface area contributed by atoms with Gasteiger partial charge in [-0.25, -0.2) is 4.39 Å². The zero-order valence-corrected chi connectivity index (χ0v) is 11.9. The number of halogens is 1. The summed E-state index contributed by atoms with van der Waals surface area (Å²) in [5, 5.41) is 11.0. The highest BCUT2D eigenvalue weighted by atomic mass is 19.1. The zero-order chi connectivity index (χ0) is 14.3. The summed E-state index contributed by atoms with van der Waals surface area (Å²) in [7, 11) is 1.83. The standard InChI is InChI=1S/C15H23FN2O/c1-4-5-8-19-12-6-7-14(16)13(10-12)15(17)9-11(2)18-3/h6-7,10-11,17-18H,4-5,8-9H2,1-3H3/t11-/m1/s1. The molecule has 19 heavy (non-hydrogen) atoms. The molecule has 0 saturated heterocycles. The third kappa shape index (κ3) is 4.99. The Morgan fingerprint density at radius 3 is 2.84 bits per heavy atom. The first-order chi connectivity index (χ1) is 9.08. The Balaban J connectivity index is 2.75. The van der Waals surface area contributed by atoms with Crippen LogP contribution in [0.5, 0.6) is 5.75 Å². The number of rotatable bonds is 8. The van der Waals surface area contributed by atoms with Crippen molar-refractivity contribution in [1.82, 2.24) is 5.32 Å². The van der Waals surface area contributed by atoms with Crippen molar-refractivity contribution in [2.45, 2.75) is 39.2 Å². The van der Waals surface area contributed by atoms with Crippen LogP contribution >= 0.6 is 0 Å². The zero-order valence-electron chi connectivity index (χ0n) is 11.9. The molecule has 0 amide bonds. The second kappa shape index (κ2) is 7.89. The minimum absolute atomic E-state index is 0.150. The lowest BCUT2D eigenvalue weighted by Gasteiger charge is -2.13. The third-order valence-electron chi connectivity index (χ3n) is 3.03. The molecule has 4 heteroatoms. The van der Waals surface area contributed by atoms with E-state index >= 15 is 0 Å². The Morgan fingerprint density at radius 1 is 1.47 bits per heavy atom. The molecule has 0 aliphatic rings. The highest BCUT2D eigenvalue weighted by molar-refractivity contribution is 5.99. The monoisotopic (exact) mass is 266 g/mol. The molecule has 0 aromatic heterocycles. The lowest BCUT2D eigenvalue weighted by molar-refractivity contribution is 0.309. The van der Waals surface area contributed by atoms with Gasteiger partial charge in [-0.1, -0.05) is 13.3 Å². The summed E-state index contributed by atoms with van der Waals surface area (Å²) < 4.78 is 19.3. The molecule has 0 aliphatic carbocycles. The molecular formula is C15H23FN2O. The summed E-state index contributed by atoms with van der Waals surface area (Å²) in [6.07, 6.45) is 2.52. The largest absolute Gasteiger partial charge is 0.494 e. The van der Waals surface area contributed by atoms with E-state index in [1.807, 2.05) is 14.0 Å². The summed E-state index contributed by atoms with van der Waals surface area (Å²) in [5.74, 6) is 0.267. The van der Waals surface area contributed by atoms with Gasteiger partial charge in [0.05, 0.1) is 6.61 Å². The highest BCUT2D eigenvalue weighted by Gasteiger charge is 2.12. The van der Waals surface area contributed by atoms with Crippen molar-refractivity contribution in [1.29, 1.82) is 5.41 Å². The van der Waals surface area contributed by atoms with Gasteiger partial charge in [0.2, 0.25) is 0 Å². The first kappa shape index (κ1) is 15.6. The van der Waals surface area contributed by atoms with Gasteiger partial charge in [-0.2, -0.15) is 0 Å². The van der Waals surface area contributed by atoms with Crippen LogP contribution in [0.2, 0.25) is 0 Å². The van der Waals surface area contributed by atoms with Crippen LogP contribution in [0, 0.1) is 11.2 Å². The second-order valence-corrected chi connectivity index (χ2v) is 4.72. The fourth-order valence-electron chi connectivity index (χ4n) is 1.68. The molecule has 1 atom stereocenters. The normalized spacial score (nSPS) is 12.2. The van der Waals surface area contributed by atoms with Crippen molar-refractivity contribution in [3.63, 3.8) is 0 Å². The van der Waals surface area contributed by atoms with Crippen molar-refractivity contribution in [2.24, 2.45) is 0 Å². The number of hydrogen-bond acceptors (Lipinski definition) is 3. The van der Waals surface area contributed by atoms with Crippen molar-refractivity contribution >= 4 is 5.71 Å². The average Bonchev–Trinajstić information content (AvgIpc) is 2.40. The molecule has 0 saturated carbocycles. The predicted octanol–water partition coefficient (Wildman–Crippen LogP) is 3.37. The topological polar surface area (TPSA) is 45.1 Å². The van der Waals surface area contributed by atoms with Gasteiger partial charge in [0.15, 0.2) is 0 Å². The van der Waals surface area contributed by atoms with Crippen LogP contribution in [0.4, 0.5) is 4.39 Å². The molecule has 1 aromatic rings. The van der Waals surface area contributed by atoms with Crippen LogP contribution in [-0.2, 0) is 0 Å².